The first-order chi connectivity index (χ1) is 9.12. The number of hydrogen-bond donors (Lipinski definition) is 2. The molecule has 2 unspecified atom stereocenters. The van der Waals surface area contributed by atoms with Crippen LogP contribution in [0.25, 0.3) is 0 Å². The zero-order chi connectivity index (χ0) is 15.8. The van der Waals surface area contributed by atoms with Crippen molar-refractivity contribution in [3.63, 3.8) is 0 Å². The highest BCUT2D eigenvalue weighted by atomic mass is 31.1. The Labute approximate surface area is 118 Å². The minimum Gasteiger partial charge on any atom is -0.427 e. The first-order valence-electron chi connectivity index (χ1n) is 6.05. The Bertz CT molecular complexity index is 353. The van der Waals surface area contributed by atoms with Crippen LogP contribution < -0.4 is 5.32 Å². The van der Waals surface area contributed by atoms with Gasteiger partial charge < -0.3 is 19.1 Å². The fourth-order valence-corrected chi connectivity index (χ4v) is 1.32. The Morgan fingerprint density at radius 3 is 2.40 bits per heavy atom. The number of aliphatic hydroxyl groups is 1. The van der Waals surface area contributed by atoms with Gasteiger partial charge in [0, 0.05) is 13.1 Å². The van der Waals surface area contributed by atoms with Crippen molar-refractivity contribution >= 4 is 20.1 Å². The van der Waals surface area contributed by atoms with E-state index in [1.807, 2.05) is 0 Å². The number of hydrogen-bond acceptors (Lipinski definition) is 7. The van der Waals surface area contributed by atoms with Crippen LogP contribution in [0.15, 0.2) is 0 Å². The summed E-state index contributed by atoms with van der Waals surface area (Å²) in [6.45, 7) is 5.93. The first kappa shape index (κ1) is 18.9. The molecular weight excluding hydrogens is 289 g/mol. The molecule has 9 heteroatoms. The predicted molar refractivity (Wildman–Crippen MR) is 71.5 cm³/mol. The largest absolute Gasteiger partial charge is 0.427 e. The molecule has 0 heterocycles. The summed E-state index contributed by atoms with van der Waals surface area (Å²) in [6, 6.07) is 0. The predicted octanol–water partition coefficient (Wildman–Crippen LogP) is 1.09. The summed E-state index contributed by atoms with van der Waals surface area (Å²) in [4.78, 5) is 22.5. The second-order valence-electron chi connectivity index (χ2n) is 5.02. The van der Waals surface area contributed by atoms with Crippen molar-refractivity contribution in [3.8, 4) is 0 Å². The summed E-state index contributed by atoms with van der Waals surface area (Å²) < 4.78 is 24.7. The van der Waals surface area contributed by atoms with Gasteiger partial charge >= 0.3 is 12.1 Å². The van der Waals surface area contributed by atoms with Crippen LogP contribution in [0.2, 0.25) is 0 Å². The maximum absolute atomic E-state index is 11.3. The number of nitrogens with one attached hydrogen (secondary N) is 1. The molecule has 0 fully saturated rings. The topological polar surface area (TPSA) is 111 Å². The van der Waals surface area contributed by atoms with Crippen LogP contribution in [0, 0.1) is 5.41 Å². The van der Waals surface area contributed by atoms with E-state index in [-0.39, 0.29) is 13.0 Å². The summed E-state index contributed by atoms with van der Waals surface area (Å²) in [6.07, 6.45) is -2.05. The highest BCUT2D eigenvalue weighted by Crippen LogP contribution is 2.15. The molecule has 0 rings (SSSR count). The molecule has 20 heavy (non-hydrogen) atoms. The van der Waals surface area contributed by atoms with Gasteiger partial charge in [0.1, 0.15) is 6.23 Å². The zero-order valence-electron chi connectivity index (χ0n) is 12.1. The lowest BCUT2D eigenvalue weighted by Crippen LogP contribution is -2.36. The highest BCUT2D eigenvalue weighted by molar-refractivity contribution is 7.38. The number of amides is 1. The van der Waals surface area contributed by atoms with Crippen molar-refractivity contribution < 1.29 is 33.3 Å². The minimum absolute atomic E-state index is 0.0504. The third kappa shape index (κ3) is 9.77. The van der Waals surface area contributed by atoms with Crippen molar-refractivity contribution in [3.05, 3.63) is 0 Å². The second kappa shape index (κ2) is 8.94. The van der Waals surface area contributed by atoms with E-state index < -0.39 is 38.5 Å². The van der Waals surface area contributed by atoms with Crippen molar-refractivity contribution in [1.82, 2.24) is 5.32 Å². The van der Waals surface area contributed by atoms with Gasteiger partial charge in [-0.1, -0.05) is 0 Å². The van der Waals surface area contributed by atoms with E-state index in [1.165, 1.54) is 6.66 Å². The van der Waals surface area contributed by atoms with E-state index in [0.29, 0.717) is 0 Å². The average molecular weight is 311 g/mol. The van der Waals surface area contributed by atoms with E-state index in [9.17, 15) is 19.3 Å². The maximum atomic E-state index is 11.3. The van der Waals surface area contributed by atoms with Gasteiger partial charge in [-0.3, -0.25) is 14.7 Å². The van der Waals surface area contributed by atoms with Crippen LogP contribution in [0.5, 0.6) is 0 Å². The van der Waals surface area contributed by atoms with Gasteiger partial charge in [0.05, 0.1) is 12.0 Å². The molecule has 118 valence electrons. The van der Waals surface area contributed by atoms with E-state index in [1.54, 1.807) is 20.8 Å². The van der Waals surface area contributed by atoms with Crippen LogP contribution >= 0.6 is 8.03 Å². The number of ether oxygens (including phenoxy) is 2. The smallest absolute Gasteiger partial charge is 0.412 e. The van der Waals surface area contributed by atoms with Crippen molar-refractivity contribution in [2.75, 3.05) is 20.1 Å². The molecule has 0 radical (unpaired) electrons. The maximum Gasteiger partial charge on any atom is 0.412 e. The third-order valence-electron chi connectivity index (χ3n) is 1.97. The molecule has 0 aliphatic heterocycles. The summed E-state index contributed by atoms with van der Waals surface area (Å²) in [5.41, 5.74) is -0.686. The molecule has 0 spiro atoms. The minimum atomic E-state index is -2.06. The number of alkyl carbamates (subject to hydrolysis) is 1. The van der Waals surface area contributed by atoms with Gasteiger partial charge in [-0.15, -0.1) is 0 Å². The second-order valence-corrected chi connectivity index (χ2v) is 6.29. The molecule has 0 saturated heterocycles. The fourth-order valence-electron chi connectivity index (χ4n) is 0.917. The molecule has 0 aromatic heterocycles. The summed E-state index contributed by atoms with van der Waals surface area (Å²) in [5, 5.41) is 11.5. The van der Waals surface area contributed by atoms with Crippen LogP contribution in [0.3, 0.4) is 0 Å². The number of aliphatic hydroxyl groups excluding tert-OH is 1. The molecule has 0 aromatic carbocycles. The van der Waals surface area contributed by atoms with E-state index in [0.717, 1.165) is 0 Å². The molecule has 2 N–H and O–H groups in total. The number of carbonyl (C=O) groups is 2. The first-order valence-corrected chi connectivity index (χ1v) is 7.86. The molecule has 2 atom stereocenters. The third-order valence-corrected chi connectivity index (χ3v) is 2.58. The fraction of sp³-hybridized carbons (Fsp3) is 0.818. The van der Waals surface area contributed by atoms with Crippen LogP contribution in [0.4, 0.5) is 4.79 Å². The molecular formula is C11H22NO7P. The molecule has 0 saturated carbocycles. The molecule has 0 aliphatic rings. The van der Waals surface area contributed by atoms with Gasteiger partial charge in [0.25, 0.3) is 0 Å². The molecule has 1 amide bonds. The van der Waals surface area contributed by atoms with E-state index >= 15 is 0 Å². The summed E-state index contributed by atoms with van der Waals surface area (Å²) in [5.74, 6) is -0.507. The lowest BCUT2D eigenvalue weighted by atomic mass is 9.98. The molecule has 0 aliphatic carbocycles. The summed E-state index contributed by atoms with van der Waals surface area (Å²) >= 11 is 0. The Morgan fingerprint density at radius 1 is 1.30 bits per heavy atom. The Morgan fingerprint density at radius 2 is 1.90 bits per heavy atom. The van der Waals surface area contributed by atoms with Gasteiger partial charge in [0.2, 0.25) is 6.79 Å². The van der Waals surface area contributed by atoms with E-state index in [2.05, 4.69) is 10.1 Å². The quantitative estimate of drug-likeness (QED) is 0.411. The van der Waals surface area contributed by atoms with Crippen LogP contribution in [-0.4, -0.2) is 43.5 Å². The standard InChI is InChI=1S/C11H22NO7P/c1-11(2,3)9(14)17-7-18-10(15)12-8(13)5-6-19-20(4)16/h8,13,20H,5-7H2,1-4H3,(H,12,15). The van der Waals surface area contributed by atoms with Crippen LogP contribution in [0.1, 0.15) is 27.2 Å². The van der Waals surface area contributed by atoms with Gasteiger partial charge in [-0.2, -0.15) is 0 Å². The zero-order valence-corrected chi connectivity index (χ0v) is 13.1. The van der Waals surface area contributed by atoms with E-state index in [4.69, 9.17) is 9.26 Å². The lowest BCUT2D eigenvalue weighted by Gasteiger charge is -2.17. The Balaban J connectivity index is 3.78. The molecule has 0 aromatic rings. The Hall–Kier alpha value is -1.11. The monoisotopic (exact) mass is 311 g/mol. The normalized spacial score (nSPS) is 14.2. The molecule has 0 bridgehead atoms. The van der Waals surface area contributed by atoms with Crippen molar-refractivity contribution in [2.24, 2.45) is 5.41 Å². The average Bonchev–Trinajstić information content (AvgIpc) is 2.26. The van der Waals surface area contributed by atoms with Crippen molar-refractivity contribution in [1.29, 1.82) is 0 Å². The van der Waals surface area contributed by atoms with Crippen LogP contribution in [-0.2, 0) is 23.4 Å². The number of rotatable bonds is 7. The molecule has 8 nitrogen and oxygen atoms in total. The SMILES string of the molecule is C[PH](=O)OCCC(O)NC(=O)OCOC(=O)C(C)(C)C. The van der Waals surface area contributed by atoms with Gasteiger partial charge in [0.15, 0.2) is 8.03 Å². The van der Waals surface area contributed by atoms with Crippen molar-refractivity contribution in [2.45, 2.75) is 33.4 Å². The Kier molecular flexibility index (Phi) is 8.45. The lowest BCUT2D eigenvalue weighted by molar-refractivity contribution is -0.161. The van der Waals surface area contributed by atoms with Gasteiger partial charge in [-0.05, 0) is 20.8 Å². The van der Waals surface area contributed by atoms with Gasteiger partial charge in [-0.25, -0.2) is 4.79 Å². The summed E-state index contributed by atoms with van der Waals surface area (Å²) in [7, 11) is -2.06. The number of carbonyl (C=O) groups excluding carboxylic acids is 2. The highest BCUT2D eigenvalue weighted by Gasteiger charge is 2.23. The number of esters is 1.